The quantitative estimate of drug-likeness (QED) is 0.901. The highest BCUT2D eigenvalue weighted by Crippen LogP contribution is 2.25. The summed E-state index contributed by atoms with van der Waals surface area (Å²) in [6, 6.07) is 0. The fourth-order valence-corrected chi connectivity index (χ4v) is 2.96. The minimum atomic E-state index is -0.168. The summed E-state index contributed by atoms with van der Waals surface area (Å²) in [4.78, 5) is 18.8. The third kappa shape index (κ3) is 3.89. The molecule has 1 atom stereocenters. The zero-order chi connectivity index (χ0) is 14.0. The van der Waals surface area contributed by atoms with Crippen molar-refractivity contribution in [2.75, 3.05) is 18.0 Å². The lowest BCUT2D eigenvalue weighted by Crippen LogP contribution is -2.48. The molecule has 1 aromatic heterocycles. The monoisotopic (exact) mass is 282 g/mol. The second-order valence-corrected chi connectivity index (χ2v) is 6.88. The summed E-state index contributed by atoms with van der Waals surface area (Å²) < 4.78 is 4.21. The first-order valence-corrected chi connectivity index (χ1v) is 7.50. The zero-order valence-electron chi connectivity index (χ0n) is 12.1. The Kier molecular flexibility index (Phi) is 4.08. The third-order valence-electron chi connectivity index (χ3n) is 3.08. The van der Waals surface area contributed by atoms with Gasteiger partial charge in [0.2, 0.25) is 11.0 Å². The van der Waals surface area contributed by atoms with Crippen LogP contribution in [0.1, 0.15) is 39.4 Å². The van der Waals surface area contributed by atoms with Gasteiger partial charge in [-0.05, 0) is 40.5 Å². The molecule has 1 aromatic rings. The van der Waals surface area contributed by atoms with Gasteiger partial charge < -0.3 is 10.2 Å². The molecule has 2 rings (SSSR count). The summed E-state index contributed by atoms with van der Waals surface area (Å²) in [5.41, 5.74) is -0.168. The Morgan fingerprint density at radius 1 is 1.47 bits per heavy atom. The van der Waals surface area contributed by atoms with E-state index in [0.717, 1.165) is 36.9 Å². The maximum absolute atomic E-state index is 12.2. The molecule has 2 heterocycles. The second kappa shape index (κ2) is 5.45. The number of hydrogen-bond acceptors (Lipinski definition) is 5. The van der Waals surface area contributed by atoms with Crippen LogP contribution in [0.25, 0.3) is 0 Å². The molecule has 1 unspecified atom stereocenters. The van der Waals surface area contributed by atoms with Crippen molar-refractivity contribution in [1.29, 1.82) is 0 Å². The van der Waals surface area contributed by atoms with Crippen molar-refractivity contribution in [1.82, 2.24) is 14.7 Å². The van der Waals surface area contributed by atoms with Crippen LogP contribution in [0.4, 0.5) is 5.13 Å². The molecule has 0 aromatic carbocycles. The Morgan fingerprint density at radius 2 is 2.21 bits per heavy atom. The van der Waals surface area contributed by atoms with E-state index in [4.69, 9.17) is 0 Å². The molecule has 1 N–H and O–H groups in total. The minimum absolute atomic E-state index is 0.0529. The fourth-order valence-electron chi connectivity index (χ4n) is 2.25. The van der Waals surface area contributed by atoms with Crippen molar-refractivity contribution in [3.8, 4) is 0 Å². The van der Waals surface area contributed by atoms with Crippen molar-refractivity contribution in [2.45, 2.75) is 46.1 Å². The van der Waals surface area contributed by atoms with E-state index in [1.165, 1.54) is 11.5 Å². The standard InChI is InChI=1S/C13H22N4OS/c1-9-14-12(19-16-9)17-7-5-6-10(8-17)11(18)15-13(2,3)4/h10H,5-8H2,1-4H3,(H,15,18). The van der Waals surface area contributed by atoms with Crippen LogP contribution in [0.15, 0.2) is 0 Å². The number of piperidine rings is 1. The van der Waals surface area contributed by atoms with Crippen LogP contribution in [-0.4, -0.2) is 33.9 Å². The molecular weight excluding hydrogens is 260 g/mol. The number of nitrogens with zero attached hydrogens (tertiary/aromatic N) is 3. The largest absolute Gasteiger partial charge is 0.351 e. The van der Waals surface area contributed by atoms with Crippen molar-refractivity contribution in [3.63, 3.8) is 0 Å². The lowest BCUT2D eigenvalue weighted by Gasteiger charge is -2.33. The summed E-state index contributed by atoms with van der Waals surface area (Å²) in [7, 11) is 0. The van der Waals surface area contributed by atoms with Gasteiger partial charge in [0.25, 0.3) is 0 Å². The summed E-state index contributed by atoms with van der Waals surface area (Å²) in [5.74, 6) is 1.01. The molecule has 6 heteroatoms. The first-order chi connectivity index (χ1) is 8.85. The van der Waals surface area contributed by atoms with Gasteiger partial charge in [0.15, 0.2) is 0 Å². The highest BCUT2D eigenvalue weighted by molar-refractivity contribution is 7.09. The Bertz CT molecular complexity index is 452. The molecule has 1 aliphatic heterocycles. The average molecular weight is 282 g/mol. The lowest BCUT2D eigenvalue weighted by atomic mass is 9.96. The van der Waals surface area contributed by atoms with E-state index < -0.39 is 0 Å². The van der Waals surface area contributed by atoms with Crippen LogP contribution < -0.4 is 10.2 Å². The third-order valence-corrected chi connectivity index (χ3v) is 3.95. The van der Waals surface area contributed by atoms with Gasteiger partial charge in [0.05, 0.1) is 5.92 Å². The van der Waals surface area contributed by atoms with Gasteiger partial charge >= 0.3 is 0 Å². The molecule has 1 amide bonds. The predicted molar refractivity (Wildman–Crippen MR) is 77.5 cm³/mol. The molecule has 0 bridgehead atoms. The van der Waals surface area contributed by atoms with E-state index >= 15 is 0 Å². The molecule has 0 saturated carbocycles. The molecule has 1 fully saturated rings. The number of aryl methyl sites for hydroxylation is 1. The average Bonchev–Trinajstić information content (AvgIpc) is 2.74. The number of hydrogen-bond donors (Lipinski definition) is 1. The van der Waals surface area contributed by atoms with Gasteiger partial charge in [-0.3, -0.25) is 4.79 Å². The molecule has 5 nitrogen and oxygen atoms in total. The smallest absolute Gasteiger partial charge is 0.225 e. The summed E-state index contributed by atoms with van der Waals surface area (Å²) in [6.07, 6.45) is 1.98. The number of anilines is 1. The van der Waals surface area contributed by atoms with Crippen LogP contribution in [-0.2, 0) is 4.79 Å². The highest BCUT2D eigenvalue weighted by atomic mass is 32.1. The molecule has 1 saturated heterocycles. The molecular formula is C13H22N4OS. The summed E-state index contributed by atoms with van der Waals surface area (Å²) in [6.45, 7) is 9.65. The van der Waals surface area contributed by atoms with Crippen molar-refractivity contribution in [3.05, 3.63) is 5.82 Å². The number of carbonyl (C=O) groups excluding carboxylic acids is 1. The van der Waals surface area contributed by atoms with Crippen LogP contribution in [0.3, 0.4) is 0 Å². The van der Waals surface area contributed by atoms with E-state index in [1.807, 2.05) is 27.7 Å². The Hall–Kier alpha value is -1.17. The van der Waals surface area contributed by atoms with Crippen molar-refractivity contribution < 1.29 is 4.79 Å². The normalized spacial score (nSPS) is 20.4. The summed E-state index contributed by atoms with van der Waals surface area (Å²) in [5, 5.41) is 4.00. The van der Waals surface area contributed by atoms with Crippen LogP contribution in [0.2, 0.25) is 0 Å². The maximum Gasteiger partial charge on any atom is 0.225 e. The van der Waals surface area contributed by atoms with Crippen LogP contribution in [0.5, 0.6) is 0 Å². The number of carbonyl (C=O) groups is 1. The topological polar surface area (TPSA) is 58.1 Å². The fraction of sp³-hybridized carbons (Fsp3) is 0.769. The SMILES string of the molecule is Cc1nsc(N2CCCC(C(=O)NC(C)(C)C)C2)n1. The van der Waals surface area contributed by atoms with Crippen molar-refractivity contribution in [2.24, 2.45) is 5.92 Å². The van der Waals surface area contributed by atoms with E-state index in [0.29, 0.717) is 0 Å². The van der Waals surface area contributed by atoms with Crippen LogP contribution in [0, 0.1) is 12.8 Å². The van der Waals surface area contributed by atoms with Crippen molar-refractivity contribution >= 4 is 22.6 Å². The molecule has 1 aliphatic rings. The maximum atomic E-state index is 12.2. The van der Waals surface area contributed by atoms with Crippen LogP contribution >= 0.6 is 11.5 Å². The van der Waals surface area contributed by atoms with Gasteiger partial charge in [-0.25, -0.2) is 4.98 Å². The molecule has 19 heavy (non-hydrogen) atoms. The molecule has 0 aliphatic carbocycles. The first-order valence-electron chi connectivity index (χ1n) is 6.72. The molecule has 0 radical (unpaired) electrons. The Morgan fingerprint density at radius 3 is 2.79 bits per heavy atom. The molecule has 0 spiro atoms. The number of amides is 1. The van der Waals surface area contributed by atoms with Gasteiger partial charge in [0.1, 0.15) is 5.82 Å². The van der Waals surface area contributed by atoms with E-state index in [9.17, 15) is 4.79 Å². The lowest BCUT2D eigenvalue weighted by molar-refractivity contribution is -0.126. The molecule has 106 valence electrons. The number of rotatable bonds is 2. The van der Waals surface area contributed by atoms with Gasteiger partial charge in [-0.1, -0.05) is 0 Å². The Balaban J connectivity index is 1.99. The van der Waals surface area contributed by atoms with E-state index in [2.05, 4.69) is 19.6 Å². The van der Waals surface area contributed by atoms with Gasteiger partial charge in [0, 0.05) is 30.2 Å². The minimum Gasteiger partial charge on any atom is -0.351 e. The number of aromatic nitrogens is 2. The van der Waals surface area contributed by atoms with Gasteiger partial charge in [-0.2, -0.15) is 4.37 Å². The first kappa shape index (κ1) is 14.2. The predicted octanol–water partition coefficient (Wildman–Crippen LogP) is 1.98. The zero-order valence-corrected chi connectivity index (χ0v) is 12.9. The number of nitrogens with one attached hydrogen (secondary N) is 1. The summed E-state index contributed by atoms with van der Waals surface area (Å²) >= 11 is 1.42. The van der Waals surface area contributed by atoms with E-state index in [-0.39, 0.29) is 17.4 Å². The Labute approximate surface area is 118 Å². The highest BCUT2D eigenvalue weighted by Gasteiger charge is 2.29. The van der Waals surface area contributed by atoms with E-state index in [1.54, 1.807) is 0 Å². The second-order valence-electron chi connectivity index (χ2n) is 6.15. The van der Waals surface area contributed by atoms with Gasteiger partial charge in [-0.15, -0.1) is 0 Å².